The number of hydrogen-bond acceptors (Lipinski definition) is 2. The summed E-state index contributed by atoms with van der Waals surface area (Å²) in [5.74, 6) is -0.175. The third kappa shape index (κ3) is 3.96. The fourth-order valence-electron chi connectivity index (χ4n) is 1.21. The van der Waals surface area contributed by atoms with E-state index < -0.39 is 0 Å². The number of carbonyl (C=O) groups is 1. The van der Waals surface area contributed by atoms with Crippen LogP contribution in [0.2, 0.25) is 0 Å². The van der Waals surface area contributed by atoms with Crippen LogP contribution in [-0.2, 0) is 7.05 Å². The van der Waals surface area contributed by atoms with E-state index in [4.69, 9.17) is 0 Å². The Hall–Kier alpha value is -0.850. The Kier molecular flexibility index (Phi) is 5.51. The molecule has 16 heavy (non-hydrogen) atoms. The van der Waals surface area contributed by atoms with Gasteiger partial charge in [-0.1, -0.05) is 22.6 Å². The van der Waals surface area contributed by atoms with Gasteiger partial charge >= 0.3 is 0 Å². The molecule has 0 spiro atoms. The van der Waals surface area contributed by atoms with Gasteiger partial charge in [-0.15, -0.1) is 0 Å². The number of hydrogen-bond donors (Lipinski definition) is 1. The molecule has 1 rings (SSSR count). The zero-order chi connectivity index (χ0) is 12.0. The Morgan fingerprint density at radius 2 is 2.25 bits per heavy atom. The molecule has 0 aliphatic rings. The summed E-state index contributed by atoms with van der Waals surface area (Å²) in [6.07, 6.45) is 3.67. The first-order valence-corrected chi connectivity index (χ1v) is 6.68. The van der Waals surface area contributed by atoms with Gasteiger partial charge in [0.25, 0.3) is 11.5 Å². The molecule has 0 aromatic carbocycles. The molecule has 1 N–H and O–H groups in total. The summed E-state index contributed by atoms with van der Waals surface area (Å²) in [5.41, 5.74) is 0.262. The maximum Gasteiger partial charge on any atom is 0.251 e. The summed E-state index contributed by atoms with van der Waals surface area (Å²) < 4.78 is 2.53. The Labute approximate surface area is 108 Å². The Bertz CT molecular complexity index is 415. The van der Waals surface area contributed by atoms with Crippen LogP contribution in [0.25, 0.3) is 0 Å². The molecule has 1 amide bonds. The highest BCUT2D eigenvalue weighted by Crippen LogP contribution is 1.96. The summed E-state index contributed by atoms with van der Waals surface area (Å²) >= 11 is 2.31. The van der Waals surface area contributed by atoms with Gasteiger partial charge in [-0.05, 0) is 23.3 Å². The van der Waals surface area contributed by atoms with Gasteiger partial charge in [0.2, 0.25) is 0 Å². The van der Waals surface area contributed by atoms with Crippen LogP contribution in [-0.4, -0.2) is 21.4 Å². The molecule has 0 saturated heterocycles. The van der Waals surface area contributed by atoms with Crippen LogP contribution >= 0.6 is 22.6 Å². The van der Waals surface area contributed by atoms with Crippen molar-refractivity contribution in [3.63, 3.8) is 0 Å². The molecular weight excluding hydrogens is 319 g/mol. The number of amides is 1. The van der Waals surface area contributed by atoms with Crippen molar-refractivity contribution in [2.45, 2.75) is 12.8 Å². The van der Waals surface area contributed by atoms with Crippen LogP contribution in [0, 0.1) is 0 Å². The molecule has 1 aromatic heterocycles. The number of carbonyl (C=O) groups excluding carboxylic acids is 1. The lowest BCUT2D eigenvalue weighted by atomic mass is 10.2. The van der Waals surface area contributed by atoms with Gasteiger partial charge in [-0.25, -0.2) is 0 Å². The molecule has 1 aromatic rings. The predicted molar refractivity (Wildman–Crippen MR) is 72.1 cm³/mol. The fraction of sp³-hybridized carbons (Fsp3) is 0.455. The maximum atomic E-state index is 11.6. The van der Waals surface area contributed by atoms with E-state index in [0.717, 1.165) is 17.3 Å². The highest BCUT2D eigenvalue weighted by molar-refractivity contribution is 14.1. The minimum Gasteiger partial charge on any atom is -0.352 e. The van der Waals surface area contributed by atoms with Crippen LogP contribution in [0.3, 0.4) is 0 Å². The van der Waals surface area contributed by atoms with Crippen molar-refractivity contribution < 1.29 is 4.79 Å². The molecule has 0 aliphatic carbocycles. The van der Waals surface area contributed by atoms with Gasteiger partial charge in [-0.2, -0.15) is 0 Å². The summed E-state index contributed by atoms with van der Waals surface area (Å²) in [6, 6.07) is 3.00. The smallest absolute Gasteiger partial charge is 0.251 e. The van der Waals surface area contributed by atoms with Crippen molar-refractivity contribution in [1.82, 2.24) is 9.88 Å². The van der Waals surface area contributed by atoms with E-state index in [-0.39, 0.29) is 11.5 Å². The van der Waals surface area contributed by atoms with E-state index in [1.165, 1.54) is 10.6 Å². The number of nitrogens with zero attached hydrogens (tertiary/aromatic N) is 1. The van der Waals surface area contributed by atoms with Gasteiger partial charge in [0, 0.05) is 31.4 Å². The first-order valence-electron chi connectivity index (χ1n) is 5.16. The molecule has 1 heterocycles. The summed E-state index contributed by atoms with van der Waals surface area (Å²) in [7, 11) is 1.66. The highest BCUT2D eigenvalue weighted by Gasteiger charge is 2.05. The highest BCUT2D eigenvalue weighted by atomic mass is 127. The Morgan fingerprint density at radius 3 is 2.88 bits per heavy atom. The lowest BCUT2D eigenvalue weighted by molar-refractivity contribution is 0.0953. The van der Waals surface area contributed by atoms with Crippen molar-refractivity contribution in [1.29, 1.82) is 0 Å². The molecule has 88 valence electrons. The fourth-order valence-corrected chi connectivity index (χ4v) is 1.75. The summed E-state index contributed by atoms with van der Waals surface area (Å²) in [6.45, 7) is 0.664. The first kappa shape index (κ1) is 13.2. The first-order chi connectivity index (χ1) is 7.65. The average molecular weight is 334 g/mol. The van der Waals surface area contributed by atoms with Gasteiger partial charge in [0.15, 0.2) is 0 Å². The third-order valence-electron chi connectivity index (χ3n) is 2.21. The average Bonchev–Trinajstić information content (AvgIpc) is 2.28. The molecule has 0 saturated carbocycles. The van der Waals surface area contributed by atoms with Crippen LogP contribution in [0.4, 0.5) is 0 Å². The molecular formula is C11H15IN2O2. The number of aryl methyl sites for hydroxylation is 1. The van der Waals surface area contributed by atoms with Gasteiger partial charge in [-0.3, -0.25) is 9.59 Å². The number of alkyl halides is 1. The van der Waals surface area contributed by atoms with Crippen LogP contribution < -0.4 is 10.9 Å². The number of pyridine rings is 1. The Balaban J connectivity index is 2.53. The van der Waals surface area contributed by atoms with Crippen molar-refractivity contribution in [3.8, 4) is 0 Å². The van der Waals surface area contributed by atoms with Crippen molar-refractivity contribution in [3.05, 3.63) is 34.2 Å². The zero-order valence-corrected chi connectivity index (χ0v) is 11.4. The normalized spacial score (nSPS) is 10.1. The largest absolute Gasteiger partial charge is 0.352 e. The van der Waals surface area contributed by atoms with E-state index in [2.05, 4.69) is 27.9 Å². The topological polar surface area (TPSA) is 51.1 Å². The molecule has 0 radical (unpaired) electrons. The molecule has 0 unspecified atom stereocenters. The second kappa shape index (κ2) is 6.67. The van der Waals surface area contributed by atoms with Gasteiger partial charge in [0.05, 0.1) is 0 Å². The van der Waals surface area contributed by atoms with Crippen molar-refractivity contribution in [2.75, 3.05) is 11.0 Å². The number of rotatable bonds is 5. The monoisotopic (exact) mass is 334 g/mol. The minimum absolute atomic E-state index is 0.167. The SMILES string of the molecule is Cn1ccc(C(=O)NCCCCI)cc1=O. The molecule has 0 fully saturated rings. The minimum atomic E-state index is -0.175. The standard InChI is InChI=1S/C11H15IN2O2/c1-14-7-4-9(8-10(14)15)11(16)13-6-3-2-5-12/h4,7-8H,2-3,5-6H2,1H3,(H,13,16). The Morgan fingerprint density at radius 1 is 1.50 bits per heavy atom. The van der Waals surface area contributed by atoms with Crippen LogP contribution in [0.15, 0.2) is 23.1 Å². The van der Waals surface area contributed by atoms with E-state index in [1.54, 1.807) is 19.3 Å². The van der Waals surface area contributed by atoms with Crippen LogP contribution in [0.1, 0.15) is 23.2 Å². The molecule has 0 aliphatic heterocycles. The molecule has 0 atom stereocenters. The number of aromatic nitrogens is 1. The number of nitrogens with one attached hydrogen (secondary N) is 1. The van der Waals surface area contributed by atoms with Crippen molar-refractivity contribution >= 4 is 28.5 Å². The predicted octanol–water partition coefficient (Wildman–Crippen LogP) is 1.33. The van der Waals surface area contributed by atoms with E-state index >= 15 is 0 Å². The zero-order valence-electron chi connectivity index (χ0n) is 9.20. The summed E-state index contributed by atoms with van der Waals surface area (Å²) in [4.78, 5) is 22.9. The molecule has 0 bridgehead atoms. The third-order valence-corrected chi connectivity index (χ3v) is 2.98. The van der Waals surface area contributed by atoms with Crippen molar-refractivity contribution in [2.24, 2.45) is 7.05 Å². The second-order valence-electron chi connectivity index (χ2n) is 3.52. The number of unbranched alkanes of at least 4 members (excludes halogenated alkanes) is 1. The van der Waals surface area contributed by atoms with Gasteiger partial charge < -0.3 is 9.88 Å². The lowest BCUT2D eigenvalue weighted by Gasteiger charge is -2.04. The van der Waals surface area contributed by atoms with E-state index in [1.807, 2.05) is 0 Å². The molecule has 5 heteroatoms. The number of halogens is 1. The van der Waals surface area contributed by atoms with E-state index in [0.29, 0.717) is 12.1 Å². The molecule has 4 nitrogen and oxygen atoms in total. The van der Waals surface area contributed by atoms with Gasteiger partial charge in [0.1, 0.15) is 0 Å². The summed E-state index contributed by atoms with van der Waals surface area (Å²) in [5, 5.41) is 2.79. The lowest BCUT2D eigenvalue weighted by Crippen LogP contribution is -2.26. The van der Waals surface area contributed by atoms with Crippen LogP contribution in [0.5, 0.6) is 0 Å². The maximum absolute atomic E-state index is 11.6. The van der Waals surface area contributed by atoms with E-state index in [9.17, 15) is 9.59 Å². The quantitative estimate of drug-likeness (QED) is 0.502. The second-order valence-corrected chi connectivity index (χ2v) is 4.60.